The van der Waals surface area contributed by atoms with Crippen molar-refractivity contribution in [2.45, 2.75) is 0 Å². The zero-order chi connectivity index (χ0) is 15.0. The second-order valence-corrected chi connectivity index (χ2v) is 4.42. The molecule has 0 saturated heterocycles. The molecule has 1 amide bonds. The SMILES string of the molecule is CN(CC(=O)NCCOCC(=O)O)c1ccc(Cl)cn1. The number of carboxylic acid groups (broad SMARTS) is 1. The van der Waals surface area contributed by atoms with Gasteiger partial charge >= 0.3 is 5.97 Å². The van der Waals surface area contributed by atoms with E-state index in [0.717, 1.165) is 0 Å². The smallest absolute Gasteiger partial charge is 0.329 e. The Hall–Kier alpha value is -1.86. The molecular weight excluding hydrogens is 286 g/mol. The maximum atomic E-state index is 11.6. The van der Waals surface area contributed by atoms with Crippen LogP contribution in [-0.2, 0) is 14.3 Å². The fourth-order valence-corrected chi connectivity index (χ4v) is 1.48. The van der Waals surface area contributed by atoms with Crippen molar-refractivity contribution in [2.24, 2.45) is 0 Å². The van der Waals surface area contributed by atoms with Crippen LogP contribution < -0.4 is 10.2 Å². The largest absolute Gasteiger partial charge is 0.480 e. The average Bonchev–Trinajstić information content (AvgIpc) is 2.38. The highest BCUT2D eigenvalue weighted by molar-refractivity contribution is 6.30. The summed E-state index contributed by atoms with van der Waals surface area (Å²) in [6.45, 7) is 0.174. The van der Waals surface area contributed by atoms with Crippen LogP contribution in [0, 0.1) is 0 Å². The number of anilines is 1. The zero-order valence-electron chi connectivity index (χ0n) is 11.0. The topological polar surface area (TPSA) is 91.8 Å². The van der Waals surface area contributed by atoms with Crippen LogP contribution in [0.15, 0.2) is 18.3 Å². The van der Waals surface area contributed by atoms with Crippen LogP contribution in [-0.4, -0.2) is 55.3 Å². The molecule has 0 atom stereocenters. The predicted molar refractivity (Wildman–Crippen MR) is 74.0 cm³/mol. The third-order valence-corrected chi connectivity index (χ3v) is 2.50. The fourth-order valence-electron chi connectivity index (χ4n) is 1.37. The average molecular weight is 302 g/mol. The molecule has 0 aliphatic heterocycles. The maximum absolute atomic E-state index is 11.6. The molecule has 0 aliphatic carbocycles. The zero-order valence-corrected chi connectivity index (χ0v) is 11.8. The Kier molecular flexibility index (Phi) is 6.75. The van der Waals surface area contributed by atoms with E-state index in [0.29, 0.717) is 10.8 Å². The van der Waals surface area contributed by atoms with E-state index in [1.807, 2.05) is 0 Å². The molecule has 2 N–H and O–H groups in total. The number of nitrogens with zero attached hydrogens (tertiary/aromatic N) is 2. The van der Waals surface area contributed by atoms with Gasteiger partial charge in [-0.3, -0.25) is 4.79 Å². The summed E-state index contributed by atoms with van der Waals surface area (Å²) in [5, 5.41) is 11.5. The predicted octanol–water partition coefficient (Wildman–Crippen LogP) is 0.389. The number of amides is 1. The van der Waals surface area contributed by atoms with Gasteiger partial charge in [0.15, 0.2) is 0 Å². The lowest BCUT2D eigenvalue weighted by molar-refractivity contribution is -0.142. The summed E-state index contributed by atoms with van der Waals surface area (Å²) < 4.78 is 4.79. The molecular formula is C12H16ClN3O4. The van der Waals surface area contributed by atoms with E-state index in [1.165, 1.54) is 6.20 Å². The van der Waals surface area contributed by atoms with Crippen LogP contribution in [0.2, 0.25) is 5.02 Å². The second-order valence-electron chi connectivity index (χ2n) is 3.99. The molecule has 0 fully saturated rings. The highest BCUT2D eigenvalue weighted by Gasteiger charge is 2.08. The lowest BCUT2D eigenvalue weighted by Crippen LogP contribution is -2.37. The molecule has 1 rings (SSSR count). The van der Waals surface area contributed by atoms with E-state index in [1.54, 1.807) is 24.1 Å². The van der Waals surface area contributed by atoms with Gasteiger partial charge in [0.2, 0.25) is 5.91 Å². The minimum absolute atomic E-state index is 0.133. The lowest BCUT2D eigenvalue weighted by atomic mass is 10.4. The molecule has 0 bridgehead atoms. The highest BCUT2D eigenvalue weighted by Crippen LogP contribution is 2.12. The quantitative estimate of drug-likeness (QED) is 0.675. The Morgan fingerprint density at radius 1 is 1.50 bits per heavy atom. The molecule has 0 aromatic carbocycles. The summed E-state index contributed by atoms with van der Waals surface area (Å²) in [4.78, 5) is 27.6. The van der Waals surface area contributed by atoms with E-state index in [9.17, 15) is 9.59 Å². The molecule has 1 aromatic rings. The summed E-state index contributed by atoms with van der Waals surface area (Å²) >= 11 is 5.73. The molecule has 0 unspecified atom stereocenters. The number of carbonyl (C=O) groups is 2. The molecule has 20 heavy (non-hydrogen) atoms. The Morgan fingerprint density at radius 2 is 2.25 bits per heavy atom. The number of hydrogen-bond donors (Lipinski definition) is 2. The molecule has 0 aliphatic rings. The number of aliphatic carboxylic acids is 1. The number of carbonyl (C=O) groups excluding carboxylic acids is 1. The normalized spacial score (nSPS) is 10.1. The number of halogens is 1. The van der Waals surface area contributed by atoms with Gasteiger partial charge in [0.1, 0.15) is 12.4 Å². The number of carboxylic acids is 1. The van der Waals surface area contributed by atoms with Crippen molar-refractivity contribution in [3.05, 3.63) is 23.4 Å². The Morgan fingerprint density at radius 3 is 2.85 bits per heavy atom. The number of rotatable bonds is 8. The summed E-state index contributed by atoms with van der Waals surface area (Å²) in [5.41, 5.74) is 0. The van der Waals surface area contributed by atoms with E-state index in [-0.39, 0.29) is 32.2 Å². The number of hydrogen-bond acceptors (Lipinski definition) is 5. The second kappa shape index (κ2) is 8.34. The third kappa shape index (κ3) is 6.35. The summed E-state index contributed by atoms with van der Waals surface area (Å²) in [6.07, 6.45) is 1.50. The first kappa shape index (κ1) is 16.2. The third-order valence-electron chi connectivity index (χ3n) is 2.28. The van der Waals surface area contributed by atoms with Crippen LogP contribution in [0.3, 0.4) is 0 Å². The van der Waals surface area contributed by atoms with Crippen molar-refractivity contribution in [3.8, 4) is 0 Å². The van der Waals surface area contributed by atoms with Crippen molar-refractivity contribution in [2.75, 3.05) is 38.3 Å². The molecule has 1 heterocycles. The van der Waals surface area contributed by atoms with Gasteiger partial charge in [0.25, 0.3) is 0 Å². The first-order chi connectivity index (χ1) is 9.49. The fraction of sp³-hybridized carbons (Fsp3) is 0.417. The van der Waals surface area contributed by atoms with Crippen molar-refractivity contribution < 1.29 is 19.4 Å². The molecule has 0 saturated carbocycles. The minimum atomic E-state index is -1.04. The first-order valence-corrected chi connectivity index (χ1v) is 6.26. The van der Waals surface area contributed by atoms with Crippen molar-refractivity contribution in [1.82, 2.24) is 10.3 Å². The van der Waals surface area contributed by atoms with Crippen LogP contribution in [0.4, 0.5) is 5.82 Å². The van der Waals surface area contributed by atoms with E-state index >= 15 is 0 Å². The highest BCUT2D eigenvalue weighted by atomic mass is 35.5. The van der Waals surface area contributed by atoms with Crippen LogP contribution >= 0.6 is 11.6 Å². The minimum Gasteiger partial charge on any atom is -0.480 e. The number of ether oxygens (including phenoxy) is 1. The van der Waals surface area contributed by atoms with Gasteiger partial charge in [0.05, 0.1) is 18.2 Å². The molecule has 1 aromatic heterocycles. The van der Waals surface area contributed by atoms with Crippen LogP contribution in [0.25, 0.3) is 0 Å². The Balaban J connectivity index is 2.24. The van der Waals surface area contributed by atoms with E-state index in [4.69, 9.17) is 21.4 Å². The van der Waals surface area contributed by atoms with E-state index < -0.39 is 5.97 Å². The van der Waals surface area contributed by atoms with Crippen LogP contribution in [0.1, 0.15) is 0 Å². The first-order valence-electron chi connectivity index (χ1n) is 5.88. The molecule has 7 nitrogen and oxygen atoms in total. The maximum Gasteiger partial charge on any atom is 0.329 e. The lowest BCUT2D eigenvalue weighted by Gasteiger charge is -2.17. The van der Waals surface area contributed by atoms with Gasteiger partial charge in [-0.25, -0.2) is 9.78 Å². The van der Waals surface area contributed by atoms with Crippen molar-refractivity contribution >= 4 is 29.3 Å². The number of nitrogens with one attached hydrogen (secondary N) is 1. The standard InChI is InChI=1S/C12H16ClN3O4/c1-16(10-3-2-9(13)6-15-10)7-11(17)14-4-5-20-8-12(18)19/h2-3,6H,4-5,7-8H2,1H3,(H,14,17)(H,18,19). The van der Waals surface area contributed by atoms with Gasteiger partial charge in [0, 0.05) is 19.8 Å². The van der Waals surface area contributed by atoms with Crippen molar-refractivity contribution in [1.29, 1.82) is 0 Å². The molecule has 8 heteroatoms. The van der Waals surface area contributed by atoms with E-state index in [2.05, 4.69) is 10.3 Å². The van der Waals surface area contributed by atoms with Gasteiger partial charge in [-0.1, -0.05) is 11.6 Å². The van der Waals surface area contributed by atoms with Gasteiger partial charge in [-0.2, -0.15) is 0 Å². The van der Waals surface area contributed by atoms with Gasteiger partial charge < -0.3 is 20.1 Å². The Bertz CT molecular complexity index is 453. The summed E-state index contributed by atoms with van der Waals surface area (Å²) in [7, 11) is 1.73. The molecule has 0 spiro atoms. The number of likely N-dealkylation sites (N-methyl/N-ethyl adjacent to an activating group) is 1. The van der Waals surface area contributed by atoms with Gasteiger partial charge in [-0.15, -0.1) is 0 Å². The summed E-state index contributed by atoms with van der Waals surface area (Å²) in [5.74, 6) is -0.611. The molecule has 110 valence electrons. The van der Waals surface area contributed by atoms with Crippen LogP contribution in [0.5, 0.6) is 0 Å². The van der Waals surface area contributed by atoms with Crippen molar-refractivity contribution in [3.63, 3.8) is 0 Å². The van der Waals surface area contributed by atoms with Gasteiger partial charge in [-0.05, 0) is 12.1 Å². The summed E-state index contributed by atoms with van der Waals surface area (Å²) in [6, 6.07) is 3.41. The molecule has 0 radical (unpaired) electrons. The number of aromatic nitrogens is 1. The number of pyridine rings is 1. The Labute approximate surface area is 121 Å². The monoisotopic (exact) mass is 301 g/mol.